The molecule has 154 valence electrons. The predicted octanol–water partition coefficient (Wildman–Crippen LogP) is 3.99. The van der Waals surface area contributed by atoms with Gasteiger partial charge < -0.3 is 21.1 Å². The van der Waals surface area contributed by atoms with Gasteiger partial charge in [0.1, 0.15) is 0 Å². The topological polar surface area (TPSA) is 90.5 Å². The zero-order valence-electron chi connectivity index (χ0n) is 15.3. The normalized spacial score (nSPS) is 15.2. The molecule has 0 aromatic heterocycles. The fourth-order valence-corrected chi connectivity index (χ4v) is 2.93. The molecular weight excluding hydrogens is 387 g/mol. The number of amides is 3. The zero-order valence-corrected chi connectivity index (χ0v) is 15.3. The molecule has 0 spiro atoms. The summed E-state index contributed by atoms with van der Waals surface area (Å²) in [5, 5.41) is 16.9. The number of halogens is 3. The SMILES string of the molecule is O=C(NCC1(O)CCC1)Nc1ccc(NC(=O)c2ccccc2)cc1C(F)(F)F. The van der Waals surface area contributed by atoms with Crippen LogP contribution >= 0.6 is 0 Å². The maximum absolute atomic E-state index is 13.5. The number of nitrogens with one attached hydrogen (secondary N) is 3. The third-order valence-corrected chi connectivity index (χ3v) is 4.73. The molecule has 3 amide bonds. The van der Waals surface area contributed by atoms with Crippen molar-refractivity contribution in [3.63, 3.8) is 0 Å². The largest absolute Gasteiger partial charge is 0.418 e. The molecule has 0 saturated heterocycles. The fourth-order valence-electron chi connectivity index (χ4n) is 2.93. The molecule has 0 atom stereocenters. The molecule has 1 fully saturated rings. The standard InChI is InChI=1S/C20H20F3N3O3/c21-20(22,23)15-11-14(25-17(27)13-5-2-1-3-6-13)7-8-16(15)26-18(28)24-12-19(29)9-4-10-19/h1-3,5-8,11,29H,4,9-10,12H2,(H,25,27)(H2,24,26,28). The van der Waals surface area contributed by atoms with Gasteiger partial charge in [-0.1, -0.05) is 18.2 Å². The van der Waals surface area contributed by atoms with E-state index in [4.69, 9.17) is 0 Å². The Morgan fingerprint density at radius 1 is 1.03 bits per heavy atom. The second-order valence-electron chi connectivity index (χ2n) is 6.96. The minimum Gasteiger partial charge on any atom is -0.388 e. The number of hydrogen-bond acceptors (Lipinski definition) is 3. The maximum atomic E-state index is 13.5. The van der Waals surface area contributed by atoms with Crippen molar-refractivity contribution in [2.45, 2.75) is 31.0 Å². The van der Waals surface area contributed by atoms with E-state index in [-0.39, 0.29) is 12.2 Å². The van der Waals surface area contributed by atoms with Crippen molar-refractivity contribution in [1.82, 2.24) is 5.32 Å². The molecule has 3 rings (SSSR count). The molecule has 1 aliphatic carbocycles. The van der Waals surface area contributed by atoms with E-state index in [0.29, 0.717) is 18.4 Å². The molecule has 0 heterocycles. The van der Waals surface area contributed by atoms with Gasteiger partial charge in [-0.25, -0.2) is 4.79 Å². The van der Waals surface area contributed by atoms with Crippen molar-refractivity contribution in [2.75, 3.05) is 17.2 Å². The number of rotatable bonds is 5. The lowest BCUT2D eigenvalue weighted by atomic mass is 9.80. The van der Waals surface area contributed by atoms with E-state index < -0.39 is 35.0 Å². The van der Waals surface area contributed by atoms with Crippen molar-refractivity contribution in [2.24, 2.45) is 0 Å². The van der Waals surface area contributed by atoms with Crippen LogP contribution in [0.25, 0.3) is 0 Å². The van der Waals surface area contributed by atoms with Crippen LogP contribution in [0.3, 0.4) is 0 Å². The predicted molar refractivity (Wildman–Crippen MR) is 102 cm³/mol. The highest BCUT2D eigenvalue weighted by molar-refractivity contribution is 6.04. The highest BCUT2D eigenvalue weighted by Gasteiger charge is 2.36. The van der Waals surface area contributed by atoms with E-state index in [1.165, 1.54) is 18.2 Å². The first-order valence-electron chi connectivity index (χ1n) is 9.01. The van der Waals surface area contributed by atoms with Gasteiger partial charge in [0.05, 0.1) is 16.9 Å². The van der Waals surface area contributed by atoms with Crippen LogP contribution in [0.2, 0.25) is 0 Å². The molecular formula is C20H20F3N3O3. The van der Waals surface area contributed by atoms with Crippen LogP contribution in [0.15, 0.2) is 48.5 Å². The molecule has 2 aromatic rings. The van der Waals surface area contributed by atoms with Gasteiger partial charge in [-0.2, -0.15) is 13.2 Å². The summed E-state index contributed by atoms with van der Waals surface area (Å²) in [4.78, 5) is 24.1. The summed E-state index contributed by atoms with van der Waals surface area (Å²) in [7, 11) is 0. The van der Waals surface area contributed by atoms with E-state index in [0.717, 1.165) is 18.6 Å². The van der Waals surface area contributed by atoms with Gasteiger partial charge in [0.15, 0.2) is 0 Å². The number of carbonyl (C=O) groups excluding carboxylic acids is 2. The highest BCUT2D eigenvalue weighted by Crippen LogP contribution is 2.37. The molecule has 1 aliphatic rings. The van der Waals surface area contributed by atoms with Crippen molar-refractivity contribution >= 4 is 23.3 Å². The molecule has 9 heteroatoms. The molecule has 0 radical (unpaired) electrons. The van der Waals surface area contributed by atoms with Crippen LogP contribution in [0, 0.1) is 0 Å². The van der Waals surface area contributed by atoms with Crippen molar-refractivity contribution in [3.8, 4) is 0 Å². The lowest BCUT2D eigenvalue weighted by Gasteiger charge is -2.36. The molecule has 29 heavy (non-hydrogen) atoms. The zero-order chi connectivity index (χ0) is 21.1. The third kappa shape index (κ3) is 5.26. The Morgan fingerprint density at radius 2 is 1.72 bits per heavy atom. The Balaban J connectivity index is 1.72. The average molecular weight is 407 g/mol. The van der Waals surface area contributed by atoms with Crippen LogP contribution in [0.1, 0.15) is 35.2 Å². The van der Waals surface area contributed by atoms with Crippen LogP contribution in [0.5, 0.6) is 0 Å². The average Bonchev–Trinajstić information content (AvgIpc) is 2.66. The number of benzene rings is 2. The van der Waals surface area contributed by atoms with Crippen LogP contribution in [-0.4, -0.2) is 29.2 Å². The first kappa shape index (κ1) is 20.7. The fraction of sp³-hybridized carbons (Fsp3) is 0.300. The Morgan fingerprint density at radius 3 is 2.31 bits per heavy atom. The summed E-state index contributed by atoms with van der Waals surface area (Å²) in [6, 6.07) is 10.3. The number of carbonyl (C=O) groups is 2. The summed E-state index contributed by atoms with van der Waals surface area (Å²) >= 11 is 0. The summed E-state index contributed by atoms with van der Waals surface area (Å²) in [5.74, 6) is -0.550. The summed E-state index contributed by atoms with van der Waals surface area (Å²) in [6.45, 7) is -0.0363. The number of aliphatic hydroxyl groups is 1. The summed E-state index contributed by atoms with van der Waals surface area (Å²) < 4.78 is 40.4. The van der Waals surface area contributed by atoms with Crippen LogP contribution in [-0.2, 0) is 6.18 Å². The van der Waals surface area contributed by atoms with Gasteiger partial charge in [0, 0.05) is 17.8 Å². The number of alkyl halides is 3. The molecule has 2 aromatic carbocycles. The number of anilines is 2. The van der Waals surface area contributed by atoms with Gasteiger partial charge in [0.2, 0.25) is 0 Å². The second kappa shape index (κ2) is 8.12. The Bertz CT molecular complexity index is 897. The van der Waals surface area contributed by atoms with Gasteiger partial charge in [0.25, 0.3) is 5.91 Å². The van der Waals surface area contributed by atoms with Crippen molar-refractivity contribution < 1.29 is 27.9 Å². The molecule has 4 N–H and O–H groups in total. The number of hydrogen-bond donors (Lipinski definition) is 4. The van der Waals surface area contributed by atoms with Crippen molar-refractivity contribution in [3.05, 3.63) is 59.7 Å². The van der Waals surface area contributed by atoms with Crippen molar-refractivity contribution in [1.29, 1.82) is 0 Å². The van der Waals surface area contributed by atoms with E-state index in [1.54, 1.807) is 18.2 Å². The first-order chi connectivity index (χ1) is 13.7. The minimum atomic E-state index is -4.75. The van der Waals surface area contributed by atoms with E-state index in [1.807, 2.05) is 0 Å². The minimum absolute atomic E-state index is 0.0363. The van der Waals surface area contributed by atoms with Gasteiger partial charge in [-0.3, -0.25) is 4.79 Å². The second-order valence-corrected chi connectivity index (χ2v) is 6.96. The quantitative estimate of drug-likeness (QED) is 0.604. The maximum Gasteiger partial charge on any atom is 0.418 e. The molecule has 1 saturated carbocycles. The lowest BCUT2D eigenvalue weighted by molar-refractivity contribution is -0.136. The van der Waals surface area contributed by atoms with Gasteiger partial charge in [-0.05, 0) is 49.6 Å². The molecule has 6 nitrogen and oxygen atoms in total. The van der Waals surface area contributed by atoms with E-state index in [2.05, 4.69) is 16.0 Å². The van der Waals surface area contributed by atoms with Gasteiger partial charge in [-0.15, -0.1) is 0 Å². The molecule has 0 unspecified atom stereocenters. The number of urea groups is 1. The van der Waals surface area contributed by atoms with Gasteiger partial charge >= 0.3 is 12.2 Å². The van der Waals surface area contributed by atoms with E-state index in [9.17, 15) is 27.9 Å². The van der Waals surface area contributed by atoms with Crippen LogP contribution in [0.4, 0.5) is 29.3 Å². The van der Waals surface area contributed by atoms with Crippen LogP contribution < -0.4 is 16.0 Å². The third-order valence-electron chi connectivity index (χ3n) is 4.73. The monoisotopic (exact) mass is 407 g/mol. The Labute approximate surface area is 165 Å². The summed E-state index contributed by atoms with van der Waals surface area (Å²) in [5.41, 5.74) is -2.29. The smallest absolute Gasteiger partial charge is 0.388 e. The van der Waals surface area contributed by atoms with E-state index >= 15 is 0 Å². The first-order valence-corrected chi connectivity index (χ1v) is 9.01. The summed E-state index contributed by atoms with van der Waals surface area (Å²) in [6.07, 6.45) is -2.83. The highest BCUT2D eigenvalue weighted by atomic mass is 19.4. The molecule has 0 bridgehead atoms. The Hall–Kier alpha value is -3.07. The lowest BCUT2D eigenvalue weighted by Crippen LogP contribution is -2.48. The Kier molecular flexibility index (Phi) is 5.78. The molecule has 0 aliphatic heterocycles.